The molecule has 0 aliphatic carbocycles. The van der Waals surface area contributed by atoms with Crippen LogP contribution in [0.1, 0.15) is 42.2 Å². The number of Topliss-reactive ketones (excluding diaryl/α,β-unsaturated/α-hetero) is 1. The van der Waals surface area contributed by atoms with Crippen molar-refractivity contribution in [3.05, 3.63) is 65.6 Å². The number of halogens is 1. The Labute approximate surface area is 170 Å². The molecule has 2 heterocycles. The third-order valence-corrected chi connectivity index (χ3v) is 5.82. The van der Waals surface area contributed by atoms with Crippen LogP contribution in [0.15, 0.2) is 48.5 Å². The first-order valence-electron chi connectivity index (χ1n) is 10.3. The molecular formula is C24H27FN2O2. The van der Waals surface area contributed by atoms with Gasteiger partial charge in [-0.25, -0.2) is 4.39 Å². The number of carbonyl (C=O) groups is 1. The third kappa shape index (κ3) is 3.86. The lowest BCUT2D eigenvalue weighted by Crippen LogP contribution is -2.43. The van der Waals surface area contributed by atoms with E-state index in [-0.39, 0.29) is 17.5 Å². The minimum Gasteiger partial charge on any atom is -0.497 e. The fourth-order valence-electron chi connectivity index (χ4n) is 4.31. The number of aromatic nitrogens is 1. The topological polar surface area (TPSA) is 34.5 Å². The molecule has 2 aromatic carbocycles. The van der Waals surface area contributed by atoms with E-state index < -0.39 is 0 Å². The SMILES string of the molecule is CCCc1cc2cc(OC)ccc2n1N1CCC(C(=O)c2ccc(F)cc2)CC1. The van der Waals surface area contributed by atoms with Crippen molar-refractivity contribution < 1.29 is 13.9 Å². The van der Waals surface area contributed by atoms with E-state index in [0.29, 0.717) is 5.56 Å². The minimum atomic E-state index is -0.309. The predicted molar refractivity (Wildman–Crippen MR) is 114 cm³/mol. The standard InChI is InChI=1S/C24H27FN2O2/c1-3-4-21-15-19-16-22(29-2)9-10-23(19)27(21)26-13-11-18(12-14-26)24(28)17-5-7-20(25)8-6-17/h5-10,15-16,18H,3-4,11-14H2,1-2H3. The molecule has 1 fully saturated rings. The molecule has 152 valence electrons. The van der Waals surface area contributed by atoms with E-state index in [0.717, 1.165) is 44.5 Å². The molecule has 5 heteroatoms. The molecule has 29 heavy (non-hydrogen) atoms. The number of ketones is 1. The molecule has 0 radical (unpaired) electrons. The average molecular weight is 394 g/mol. The maximum atomic E-state index is 13.1. The van der Waals surface area contributed by atoms with Gasteiger partial charge in [-0.3, -0.25) is 9.47 Å². The second-order valence-electron chi connectivity index (χ2n) is 7.72. The number of nitrogens with zero attached hydrogens (tertiary/aromatic N) is 2. The van der Waals surface area contributed by atoms with E-state index in [2.05, 4.69) is 34.8 Å². The Hall–Kier alpha value is -2.82. The Kier molecular flexibility index (Phi) is 5.56. The van der Waals surface area contributed by atoms with E-state index >= 15 is 0 Å². The lowest BCUT2D eigenvalue weighted by Gasteiger charge is -2.35. The number of hydrogen-bond acceptors (Lipinski definition) is 3. The molecule has 3 aromatic rings. The summed E-state index contributed by atoms with van der Waals surface area (Å²) in [6.45, 7) is 3.84. The van der Waals surface area contributed by atoms with E-state index in [1.54, 1.807) is 19.2 Å². The summed E-state index contributed by atoms with van der Waals surface area (Å²) >= 11 is 0. The van der Waals surface area contributed by atoms with Crippen LogP contribution in [0.25, 0.3) is 10.9 Å². The van der Waals surface area contributed by atoms with Crippen LogP contribution in [0.3, 0.4) is 0 Å². The highest BCUT2D eigenvalue weighted by molar-refractivity contribution is 5.98. The largest absolute Gasteiger partial charge is 0.497 e. The molecule has 0 N–H and O–H groups in total. The minimum absolute atomic E-state index is 0.00624. The molecule has 0 saturated carbocycles. The number of fused-ring (bicyclic) bond motifs is 1. The number of ether oxygens (including phenoxy) is 1. The number of carbonyl (C=O) groups excluding carboxylic acids is 1. The van der Waals surface area contributed by atoms with Crippen molar-refractivity contribution in [3.8, 4) is 5.75 Å². The highest BCUT2D eigenvalue weighted by Crippen LogP contribution is 2.28. The van der Waals surface area contributed by atoms with Crippen molar-refractivity contribution in [1.29, 1.82) is 0 Å². The fraction of sp³-hybridized carbons (Fsp3) is 0.375. The first-order valence-corrected chi connectivity index (χ1v) is 10.3. The summed E-state index contributed by atoms with van der Waals surface area (Å²) in [6.07, 6.45) is 3.69. The summed E-state index contributed by atoms with van der Waals surface area (Å²) in [6, 6.07) is 14.3. The highest BCUT2D eigenvalue weighted by Gasteiger charge is 2.27. The molecule has 1 aromatic heterocycles. The number of aryl methyl sites for hydroxylation is 1. The fourth-order valence-corrected chi connectivity index (χ4v) is 4.31. The number of benzene rings is 2. The Bertz CT molecular complexity index is 1000. The molecule has 0 bridgehead atoms. The molecule has 0 amide bonds. The number of hydrogen-bond donors (Lipinski definition) is 0. The Balaban J connectivity index is 1.54. The molecule has 4 rings (SSSR count). The lowest BCUT2D eigenvalue weighted by atomic mass is 9.89. The van der Waals surface area contributed by atoms with Gasteiger partial charge in [0.25, 0.3) is 0 Å². The average Bonchev–Trinajstić information content (AvgIpc) is 3.11. The van der Waals surface area contributed by atoms with Gasteiger partial charge >= 0.3 is 0 Å². The van der Waals surface area contributed by atoms with Gasteiger partial charge in [-0.2, -0.15) is 0 Å². The van der Waals surface area contributed by atoms with E-state index in [1.165, 1.54) is 28.7 Å². The van der Waals surface area contributed by atoms with Crippen molar-refractivity contribution in [3.63, 3.8) is 0 Å². The van der Waals surface area contributed by atoms with Crippen LogP contribution in [0.5, 0.6) is 5.75 Å². The van der Waals surface area contributed by atoms with Gasteiger partial charge in [-0.1, -0.05) is 13.3 Å². The van der Waals surface area contributed by atoms with Crippen LogP contribution in [0.2, 0.25) is 0 Å². The van der Waals surface area contributed by atoms with Gasteiger partial charge in [0.05, 0.1) is 12.6 Å². The first-order chi connectivity index (χ1) is 14.1. The summed E-state index contributed by atoms with van der Waals surface area (Å²) in [5, 5.41) is 3.53. The van der Waals surface area contributed by atoms with Crippen molar-refractivity contribution in [2.75, 3.05) is 25.2 Å². The molecule has 1 saturated heterocycles. The summed E-state index contributed by atoms with van der Waals surface area (Å²) in [7, 11) is 1.69. The monoisotopic (exact) mass is 394 g/mol. The van der Waals surface area contributed by atoms with Crippen LogP contribution in [0.4, 0.5) is 4.39 Å². The van der Waals surface area contributed by atoms with Gasteiger partial charge in [0.15, 0.2) is 5.78 Å². The molecule has 0 spiro atoms. The summed E-state index contributed by atoms with van der Waals surface area (Å²) in [5.74, 6) is 0.672. The van der Waals surface area contributed by atoms with Crippen molar-refractivity contribution in [2.24, 2.45) is 5.92 Å². The second-order valence-corrected chi connectivity index (χ2v) is 7.72. The lowest BCUT2D eigenvalue weighted by molar-refractivity contribution is 0.0896. The van der Waals surface area contributed by atoms with Crippen LogP contribution in [-0.4, -0.2) is 30.7 Å². The van der Waals surface area contributed by atoms with Crippen LogP contribution in [-0.2, 0) is 6.42 Å². The van der Waals surface area contributed by atoms with Crippen LogP contribution >= 0.6 is 0 Å². The molecule has 0 atom stereocenters. The van der Waals surface area contributed by atoms with E-state index in [1.807, 2.05) is 6.07 Å². The van der Waals surface area contributed by atoms with Crippen molar-refractivity contribution in [2.45, 2.75) is 32.6 Å². The maximum absolute atomic E-state index is 13.1. The number of piperidine rings is 1. The smallest absolute Gasteiger partial charge is 0.166 e. The summed E-state index contributed by atoms with van der Waals surface area (Å²) < 4.78 is 20.9. The quantitative estimate of drug-likeness (QED) is 0.554. The highest BCUT2D eigenvalue weighted by atomic mass is 19.1. The number of rotatable bonds is 6. The van der Waals surface area contributed by atoms with Crippen LogP contribution in [0, 0.1) is 11.7 Å². The normalized spacial score (nSPS) is 15.1. The first kappa shape index (κ1) is 19.5. The van der Waals surface area contributed by atoms with E-state index in [4.69, 9.17) is 4.74 Å². The Morgan fingerprint density at radius 2 is 1.83 bits per heavy atom. The zero-order chi connectivity index (χ0) is 20.4. The molecule has 1 aliphatic heterocycles. The summed E-state index contributed by atoms with van der Waals surface area (Å²) in [5.41, 5.74) is 3.08. The zero-order valence-electron chi connectivity index (χ0n) is 17.0. The van der Waals surface area contributed by atoms with Crippen molar-refractivity contribution in [1.82, 2.24) is 4.68 Å². The van der Waals surface area contributed by atoms with Gasteiger partial charge in [-0.05, 0) is 67.8 Å². The molecule has 1 aliphatic rings. The van der Waals surface area contributed by atoms with Gasteiger partial charge < -0.3 is 9.75 Å². The zero-order valence-corrected chi connectivity index (χ0v) is 17.0. The van der Waals surface area contributed by atoms with Crippen molar-refractivity contribution >= 4 is 16.7 Å². The third-order valence-electron chi connectivity index (χ3n) is 5.82. The summed E-state index contributed by atoms with van der Waals surface area (Å²) in [4.78, 5) is 12.8. The van der Waals surface area contributed by atoms with Gasteiger partial charge in [0.2, 0.25) is 0 Å². The van der Waals surface area contributed by atoms with Gasteiger partial charge in [0, 0.05) is 35.7 Å². The van der Waals surface area contributed by atoms with Gasteiger partial charge in [0.1, 0.15) is 11.6 Å². The Morgan fingerprint density at radius 3 is 2.48 bits per heavy atom. The molecule has 0 unspecified atom stereocenters. The Morgan fingerprint density at radius 1 is 1.10 bits per heavy atom. The maximum Gasteiger partial charge on any atom is 0.166 e. The van der Waals surface area contributed by atoms with Crippen LogP contribution < -0.4 is 9.75 Å². The second kappa shape index (κ2) is 8.27. The number of methoxy groups -OCH3 is 1. The van der Waals surface area contributed by atoms with E-state index in [9.17, 15) is 9.18 Å². The molecule has 4 nitrogen and oxygen atoms in total. The van der Waals surface area contributed by atoms with Gasteiger partial charge in [-0.15, -0.1) is 0 Å². The predicted octanol–water partition coefficient (Wildman–Crippen LogP) is 4.97. The molecular weight excluding hydrogens is 367 g/mol.